The Morgan fingerprint density at radius 2 is 2.40 bits per heavy atom. The summed E-state index contributed by atoms with van der Waals surface area (Å²) in [5.41, 5.74) is 1.17. The van der Waals surface area contributed by atoms with Gasteiger partial charge >= 0.3 is 0 Å². The first kappa shape index (κ1) is 10.7. The molecular formula is C12H20N2O. The first-order valence-electron chi connectivity index (χ1n) is 5.90. The molecule has 0 saturated carbocycles. The van der Waals surface area contributed by atoms with Crippen molar-refractivity contribution < 1.29 is 4.74 Å². The van der Waals surface area contributed by atoms with Crippen molar-refractivity contribution in [1.29, 1.82) is 0 Å². The maximum absolute atomic E-state index is 5.69. The van der Waals surface area contributed by atoms with Crippen molar-refractivity contribution in [1.82, 2.24) is 9.78 Å². The molecule has 84 valence electrons. The van der Waals surface area contributed by atoms with Crippen molar-refractivity contribution in [2.45, 2.75) is 51.7 Å². The Hall–Kier alpha value is -0.830. The minimum absolute atomic E-state index is 0.374. The molecule has 1 unspecified atom stereocenters. The van der Waals surface area contributed by atoms with Gasteiger partial charge in [0.1, 0.15) is 0 Å². The van der Waals surface area contributed by atoms with Gasteiger partial charge in [0, 0.05) is 12.8 Å². The number of aromatic nitrogens is 2. The molecule has 0 amide bonds. The number of nitrogens with zero attached hydrogens (tertiary/aromatic N) is 2. The molecule has 0 spiro atoms. The van der Waals surface area contributed by atoms with E-state index in [1.165, 1.54) is 25.0 Å². The van der Waals surface area contributed by atoms with E-state index in [2.05, 4.69) is 31.2 Å². The standard InChI is InChI=1S/C12H20N2O/c1-10(2)12-6-7-14(13-12)9-11-5-3-4-8-15-11/h6-7,10-11H,3-5,8-9H2,1-2H3. The van der Waals surface area contributed by atoms with Gasteiger partial charge in [0.25, 0.3) is 0 Å². The molecule has 1 aliphatic heterocycles. The number of ether oxygens (including phenoxy) is 1. The summed E-state index contributed by atoms with van der Waals surface area (Å²) in [5.74, 6) is 0.513. The Bertz CT molecular complexity index is 300. The fourth-order valence-corrected chi connectivity index (χ4v) is 1.95. The lowest BCUT2D eigenvalue weighted by Gasteiger charge is -2.22. The van der Waals surface area contributed by atoms with Crippen LogP contribution in [0.2, 0.25) is 0 Å². The van der Waals surface area contributed by atoms with E-state index in [0.29, 0.717) is 12.0 Å². The van der Waals surface area contributed by atoms with Gasteiger partial charge < -0.3 is 4.74 Å². The van der Waals surface area contributed by atoms with Gasteiger partial charge in [-0.15, -0.1) is 0 Å². The van der Waals surface area contributed by atoms with Crippen molar-refractivity contribution >= 4 is 0 Å². The molecule has 3 heteroatoms. The lowest BCUT2D eigenvalue weighted by atomic mass is 10.1. The molecule has 3 nitrogen and oxygen atoms in total. The fourth-order valence-electron chi connectivity index (χ4n) is 1.95. The Kier molecular flexibility index (Phi) is 3.41. The van der Waals surface area contributed by atoms with Crippen LogP contribution in [-0.4, -0.2) is 22.5 Å². The van der Waals surface area contributed by atoms with Crippen molar-refractivity contribution in [3.63, 3.8) is 0 Å². The monoisotopic (exact) mass is 208 g/mol. The predicted molar refractivity (Wildman–Crippen MR) is 59.9 cm³/mol. The molecule has 0 radical (unpaired) electrons. The van der Waals surface area contributed by atoms with Gasteiger partial charge in [-0.3, -0.25) is 4.68 Å². The lowest BCUT2D eigenvalue weighted by molar-refractivity contribution is 0.00392. The van der Waals surface area contributed by atoms with E-state index in [-0.39, 0.29) is 0 Å². The molecule has 1 aromatic heterocycles. The predicted octanol–water partition coefficient (Wildman–Crippen LogP) is 2.58. The largest absolute Gasteiger partial charge is 0.376 e. The topological polar surface area (TPSA) is 27.1 Å². The van der Waals surface area contributed by atoms with Gasteiger partial charge in [-0.2, -0.15) is 5.10 Å². The summed E-state index contributed by atoms with van der Waals surface area (Å²) in [4.78, 5) is 0. The molecule has 1 fully saturated rings. The number of rotatable bonds is 3. The van der Waals surface area contributed by atoms with Crippen molar-refractivity contribution in [2.24, 2.45) is 0 Å². The van der Waals surface area contributed by atoms with Crippen LogP contribution in [-0.2, 0) is 11.3 Å². The van der Waals surface area contributed by atoms with Gasteiger partial charge in [-0.1, -0.05) is 13.8 Å². The van der Waals surface area contributed by atoms with Crippen LogP contribution in [0.15, 0.2) is 12.3 Å². The van der Waals surface area contributed by atoms with Crippen LogP contribution in [0, 0.1) is 0 Å². The van der Waals surface area contributed by atoms with Gasteiger partial charge in [0.05, 0.1) is 18.3 Å². The Morgan fingerprint density at radius 3 is 3.00 bits per heavy atom. The minimum Gasteiger partial charge on any atom is -0.376 e. The first-order chi connectivity index (χ1) is 7.25. The van der Waals surface area contributed by atoms with E-state index < -0.39 is 0 Å². The van der Waals surface area contributed by atoms with Crippen molar-refractivity contribution in [2.75, 3.05) is 6.61 Å². The van der Waals surface area contributed by atoms with Gasteiger partial charge in [0.2, 0.25) is 0 Å². The molecule has 1 aromatic rings. The third-order valence-electron chi connectivity index (χ3n) is 2.92. The normalized spacial score (nSPS) is 22.2. The molecule has 15 heavy (non-hydrogen) atoms. The zero-order valence-corrected chi connectivity index (χ0v) is 9.65. The highest BCUT2D eigenvalue weighted by atomic mass is 16.5. The maximum atomic E-state index is 5.69. The van der Waals surface area contributed by atoms with Crippen LogP contribution in [0.4, 0.5) is 0 Å². The van der Waals surface area contributed by atoms with Gasteiger partial charge in [-0.05, 0) is 31.2 Å². The van der Waals surface area contributed by atoms with E-state index in [9.17, 15) is 0 Å². The van der Waals surface area contributed by atoms with Crippen LogP contribution in [0.3, 0.4) is 0 Å². The molecule has 1 atom stereocenters. The van der Waals surface area contributed by atoms with Gasteiger partial charge in [0.15, 0.2) is 0 Å². The second-order valence-electron chi connectivity index (χ2n) is 4.61. The average molecular weight is 208 g/mol. The highest BCUT2D eigenvalue weighted by molar-refractivity contribution is 5.03. The summed E-state index contributed by atoms with van der Waals surface area (Å²) in [7, 11) is 0. The summed E-state index contributed by atoms with van der Waals surface area (Å²) < 4.78 is 7.71. The zero-order chi connectivity index (χ0) is 10.7. The summed E-state index contributed by atoms with van der Waals surface area (Å²) in [5, 5.41) is 4.54. The molecule has 2 heterocycles. The third kappa shape index (κ3) is 2.81. The average Bonchev–Trinajstić information content (AvgIpc) is 2.68. The number of hydrogen-bond acceptors (Lipinski definition) is 2. The van der Waals surface area contributed by atoms with Crippen LogP contribution >= 0.6 is 0 Å². The highest BCUT2D eigenvalue weighted by Crippen LogP contribution is 2.15. The second kappa shape index (κ2) is 4.79. The summed E-state index contributed by atoms with van der Waals surface area (Å²) in [6.45, 7) is 6.17. The Morgan fingerprint density at radius 1 is 1.53 bits per heavy atom. The van der Waals surface area contributed by atoms with E-state index in [0.717, 1.165) is 13.2 Å². The molecule has 1 saturated heterocycles. The van der Waals surface area contributed by atoms with Gasteiger partial charge in [-0.25, -0.2) is 0 Å². The molecule has 2 rings (SSSR count). The summed E-state index contributed by atoms with van der Waals surface area (Å²) >= 11 is 0. The van der Waals surface area contributed by atoms with Crippen LogP contribution in [0.5, 0.6) is 0 Å². The van der Waals surface area contributed by atoms with E-state index in [4.69, 9.17) is 4.74 Å². The molecule has 1 aliphatic rings. The van der Waals surface area contributed by atoms with E-state index in [1.807, 2.05) is 4.68 Å². The summed E-state index contributed by atoms with van der Waals surface area (Å²) in [6, 6.07) is 2.10. The SMILES string of the molecule is CC(C)c1ccn(CC2CCCCO2)n1. The molecule has 0 bridgehead atoms. The van der Waals surface area contributed by atoms with Crippen LogP contribution in [0.25, 0.3) is 0 Å². The van der Waals surface area contributed by atoms with Crippen LogP contribution in [0.1, 0.15) is 44.7 Å². The second-order valence-corrected chi connectivity index (χ2v) is 4.61. The Balaban J connectivity index is 1.91. The quantitative estimate of drug-likeness (QED) is 0.763. The molecular weight excluding hydrogens is 188 g/mol. The zero-order valence-electron chi connectivity index (χ0n) is 9.65. The lowest BCUT2D eigenvalue weighted by Crippen LogP contribution is -2.24. The maximum Gasteiger partial charge on any atom is 0.0770 e. The summed E-state index contributed by atoms with van der Waals surface area (Å²) in [6.07, 6.45) is 6.12. The number of hydrogen-bond donors (Lipinski definition) is 0. The molecule has 0 aliphatic carbocycles. The molecule has 0 N–H and O–H groups in total. The van der Waals surface area contributed by atoms with E-state index >= 15 is 0 Å². The third-order valence-corrected chi connectivity index (χ3v) is 2.92. The fraction of sp³-hybridized carbons (Fsp3) is 0.750. The van der Waals surface area contributed by atoms with Crippen molar-refractivity contribution in [3.05, 3.63) is 18.0 Å². The highest BCUT2D eigenvalue weighted by Gasteiger charge is 2.15. The Labute approximate surface area is 91.4 Å². The van der Waals surface area contributed by atoms with Crippen molar-refractivity contribution in [3.8, 4) is 0 Å². The smallest absolute Gasteiger partial charge is 0.0770 e. The minimum atomic E-state index is 0.374. The first-order valence-corrected chi connectivity index (χ1v) is 5.90. The molecule has 0 aromatic carbocycles. The van der Waals surface area contributed by atoms with E-state index in [1.54, 1.807) is 0 Å². The van der Waals surface area contributed by atoms with Crippen LogP contribution < -0.4 is 0 Å².